The lowest BCUT2D eigenvalue weighted by Crippen LogP contribution is -2.68. The normalized spacial score (nSPS) is 28.4. The fourth-order valence-electron chi connectivity index (χ4n) is 6.34. The lowest BCUT2D eigenvalue weighted by atomic mass is 9.55. The number of esters is 1. The summed E-state index contributed by atoms with van der Waals surface area (Å²) in [4.78, 5) is 27.8. The number of piperidine rings is 1. The van der Waals surface area contributed by atoms with Crippen LogP contribution in [0.15, 0.2) is 53.4 Å². The molecule has 36 heavy (non-hydrogen) atoms. The fourth-order valence-corrected chi connectivity index (χ4v) is 6.34. The Morgan fingerprint density at radius 1 is 1.22 bits per heavy atom. The molecule has 3 atom stereocenters. The highest BCUT2D eigenvalue weighted by Crippen LogP contribution is 2.54. The van der Waals surface area contributed by atoms with Gasteiger partial charge >= 0.3 is 5.97 Å². The van der Waals surface area contributed by atoms with Crippen molar-refractivity contribution >= 4 is 18.0 Å². The van der Waals surface area contributed by atoms with E-state index in [4.69, 9.17) is 13.9 Å². The Bertz CT molecular complexity index is 1110. The van der Waals surface area contributed by atoms with Gasteiger partial charge < -0.3 is 19.2 Å². The van der Waals surface area contributed by atoms with Crippen LogP contribution in [0.2, 0.25) is 0 Å². The molecule has 3 aliphatic rings. The molecule has 2 heterocycles. The predicted molar refractivity (Wildman–Crippen MR) is 136 cm³/mol. The molecule has 2 aliphatic carbocycles. The topological polar surface area (TPSA) is 81.0 Å². The summed E-state index contributed by atoms with van der Waals surface area (Å²) in [5, 5.41) is 3.22. The van der Waals surface area contributed by atoms with Crippen molar-refractivity contribution in [2.24, 2.45) is 5.92 Å². The summed E-state index contributed by atoms with van der Waals surface area (Å²) in [6, 6.07) is 9.94. The van der Waals surface area contributed by atoms with E-state index in [2.05, 4.69) is 22.3 Å². The van der Waals surface area contributed by atoms with Crippen LogP contribution < -0.4 is 10.1 Å². The maximum Gasteiger partial charge on any atom is 0.303 e. The van der Waals surface area contributed by atoms with Crippen LogP contribution in [0.5, 0.6) is 5.75 Å². The van der Waals surface area contributed by atoms with Crippen molar-refractivity contribution in [3.8, 4) is 5.75 Å². The molecular formula is C29H36N2O5. The molecule has 7 heteroatoms. The predicted octanol–water partition coefficient (Wildman–Crippen LogP) is 4.33. The van der Waals surface area contributed by atoms with Crippen LogP contribution in [0.3, 0.4) is 0 Å². The second-order valence-corrected chi connectivity index (χ2v) is 10.7. The Balaban J connectivity index is 1.45. The SMILES string of the molecule is COc1cccc([C@@]23CCN(CC4CC4)C[C@@]2(OC(C)=O)CC[C@@H](NC(=O)/C=C/c2ccoc2)C3)c1. The first-order valence-corrected chi connectivity index (χ1v) is 13.0. The van der Waals surface area contributed by atoms with Gasteiger partial charge in [0.25, 0.3) is 0 Å². The van der Waals surface area contributed by atoms with Crippen molar-refractivity contribution in [3.05, 3.63) is 60.1 Å². The summed E-state index contributed by atoms with van der Waals surface area (Å²) < 4.78 is 17.0. The standard InChI is InChI=1S/C29H36N2O5/c1-21(32)36-29-12-10-25(30-27(33)9-8-23-11-15-35-19-23)17-28(29,24-4-3-5-26(16-24)34-2)13-14-31(20-29)18-22-6-7-22/h3-5,8-9,11,15-16,19,22,25H,6-7,10,12-14,17-18,20H2,1-2H3,(H,30,33)/b9-8+/t25-,28+,29+/m1/s1. The van der Waals surface area contributed by atoms with E-state index in [1.165, 1.54) is 19.8 Å². The van der Waals surface area contributed by atoms with Gasteiger partial charge in [-0.05, 0) is 80.8 Å². The monoisotopic (exact) mass is 492 g/mol. The zero-order valence-electron chi connectivity index (χ0n) is 21.2. The van der Waals surface area contributed by atoms with Crippen LogP contribution >= 0.6 is 0 Å². The molecule has 1 aliphatic heterocycles. The van der Waals surface area contributed by atoms with Gasteiger partial charge in [-0.1, -0.05) is 12.1 Å². The highest BCUT2D eigenvalue weighted by Gasteiger charge is 2.61. The first-order valence-electron chi connectivity index (χ1n) is 13.0. The Kier molecular flexibility index (Phi) is 6.93. The minimum Gasteiger partial charge on any atom is -0.497 e. The summed E-state index contributed by atoms with van der Waals surface area (Å²) in [7, 11) is 1.67. The first kappa shape index (κ1) is 24.6. The van der Waals surface area contributed by atoms with Crippen LogP contribution in [0.4, 0.5) is 0 Å². The third kappa shape index (κ3) is 5.07. The molecule has 1 N–H and O–H groups in total. The molecule has 2 saturated carbocycles. The van der Waals surface area contributed by atoms with Gasteiger partial charge in [-0.15, -0.1) is 0 Å². The number of methoxy groups -OCH3 is 1. The highest BCUT2D eigenvalue weighted by molar-refractivity contribution is 5.91. The molecule has 1 amide bonds. The number of nitrogens with zero attached hydrogens (tertiary/aromatic N) is 1. The second kappa shape index (κ2) is 10.1. The third-order valence-corrected chi connectivity index (χ3v) is 8.19. The van der Waals surface area contributed by atoms with Gasteiger partial charge in [0.15, 0.2) is 0 Å². The molecule has 192 valence electrons. The number of benzene rings is 1. The number of fused-ring (bicyclic) bond motifs is 1. The molecular weight excluding hydrogens is 456 g/mol. The van der Waals surface area contributed by atoms with E-state index in [1.54, 1.807) is 31.8 Å². The molecule has 0 unspecified atom stereocenters. The zero-order chi connectivity index (χ0) is 25.2. The maximum absolute atomic E-state index is 12.8. The van der Waals surface area contributed by atoms with Gasteiger partial charge in [0.05, 0.1) is 19.6 Å². The average Bonchev–Trinajstić information content (AvgIpc) is 3.52. The van der Waals surface area contributed by atoms with Gasteiger partial charge in [0, 0.05) is 43.1 Å². The molecule has 1 aromatic carbocycles. The van der Waals surface area contributed by atoms with Crippen LogP contribution in [0.1, 0.15) is 56.6 Å². The maximum atomic E-state index is 12.8. The van der Waals surface area contributed by atoms with Crippen molar-refractivity contribution in [3.63, 3.8) is 0 Å². The Labute approximate surface area is 212 Å². The highest BCUT2D eigenvalue weighted by atomic mass is 16.6. The van der Waals surface area contributed by atoms with Crippen LogP contribution in [-0.2, 0) is 19.7 Å². The smallest absolute Gasteiger partial charge is 0.303 e. The van der Waals surface area contributed by atoms with Crippen molar-refractivity contribution < 1.29 is 23.5 Å². The van der Waals surface area contributed by atoms with Crippen molar-refractivity contribution in [1.29, 1.82) is 0 Å². The molecule has 5 rings (SSSR count). The van der Waals surface area contributed by atoms with Gasteiger partial charge in [0.2, 0.25) is 5.91 Å². The first-order chi connectivity index (χ1) is 17.4. The van der Waals surface area contributed by atoms with E-state index in [1.807, 2.05) is 18.2 Å². The van der Waals surface area contributed by atoms with Crippen LogP contribution in [-0.4, -0.2) is 55.2 Å². The molecule has 0 bridgehead atoms. The number of furan rings is 1. The molecule has 7 nitrogen and oxygen atoms in total. The molecule has 0 spiro atoms. The van der Waals surface area contributed by atoms with E-state index < -0.39 is 11.0 Å². The van der Waals surface area contributed by atoms with Crippen LogP contribution in [0, 0.1) is 5.92 Å². The van der Waals surface area contributed by atoms with Crippen molar-refractivity contribution in [2.45, 2.75) is 62.5 Å². The summed E-state index contributed by atoms with van der Waals surface area (Å²) in [5.74, 6) is 1.17. The quantitative estimate of drug-likeness (QED) is 0.437. The number of nitrogens with one attached hydrogen (secondary N) is 1. The van der Waals surface area contributed by atoms with E-state index >= 15 is 0 Å². The number of hydrogen-bond donors (Lipinski definition) is 1. The lowest BCUT2D eigenvalue weighted by molar-refractivity contribution is -0.187. The van der Waals surface area contributed by atoms with Gasteiger partial charge in [-0.3, -0.25) is 14.5 Å². The number of amides is 1. The van der Waals surface area contributed by atoms with Gasteiger partial charge in [0.1, 0.15) is 11.4 Å². The summed E-state index contributed by atoms with van der Waals surface area (Å²) in [5.41, 5.74) is 0.893. The minimum absolute atomic E-state index is 0.0311. The average molecular weight is 493 g/mol. The van der Waals surface area contributed by atoms with Crippen molar-refractivity contribution in [1.82, 2.24) is 10.2 Å². The zero-order valence-corrected chi connectivity index (χ0v) is 21.2. The van der Waals surface area contributed by atoms with E-state index in [9.17, 15) is 9.59 Å². The molecule has 2 aromatic rings. The molecule has 3 fully saturated rings. The molecule has 0 radical (unpaired) electrons. The minimum atomic E-state index is -0.647. The van der Waals surface area contributed by atoms with E-state index in [0.717, 1.165) is 55.3 Å². The second-order valence-electron chi connectivity index (χ2n) is 10.7. The van der Waals surface area contributed by atoms with Crippen molar-refractivity contribution in [2.75, 3.05) is 26.7 Å². The number of likely N-dealkylation sites (tertiary alicyclic amines) is 1. The largest absolute Gasteiger partial charge is 0.497 e. The van der Waals surface area contributed by atoms with Gasteiger partial charge in [-0.25, -0.2) is 0 Å². The molecule has 1 saturated heterocycles. The lowest BCUT2D eigenvalue weighted by Gasteiger charge is -2.59. The van der Waals surface area contributed by atoms with Crippen LogP contribution in [0.25, 0.3) is 6.08 Å². The fraction of sp³-hybridized carbons (Fsp3) is 0.517. The summed E-state index contributed by atoms with van der Waals surface area (Å²) >= 11 is 0. The number of carbonyl (C=O) groups is 2. The number of carbonyl (C=O) groups excluding carboxylic acids is 2. The third-order valence-electron chi connectivity index (χ3n) is 8.19. The summed E-state index contributed by atoms with van der Waals surface area (Å²) in [6.45, 7) is 4.24. The number of ether oxygens (including phenoxy) is 2. The van der Waals surface area contributed by atoms with E-state index in [-0.39, 0.29) is 17.9 Å². The Hall–Kier alpha value is -3.06. The molecule has 1 aromatic heterocycles. The summed E-state index contributed by atoms with van der Waals surface area (Å²) in [6.07, 6.45) is 12.1. The Morgan fingerprint density at radius 2 is 2.08 bits per heavy atom. The van der Waals surface area contributed by atoms with E-state index in [0.29, 0.717) is 12.8 Å². The van der Waals surface area contributed by atoms with Gasteiger partial charge in [-0.2, -0.15) is 0 Å². The Morgan fingerprint density at radius 3 is 2.81 bits per heavy atom. The number of rotatable bonds is 8. The number of hydrogen-bond acceptors (Lipinski definition) is 6.